The Morgan fingerprint density at radius 3 is 2.17 bits per heavy atom. The lowest BCUT2D eigenvalue weighted by atomic mass is 10.1. The van der Waals surface area contributed by atoms with Gasteiger partial charge in [0.1, 0.15) is 0 Å². The van der Waals surface area contributed by atoms with Crippen LogP contribution in [0.25, 0.3) is 11.1 Å². The smallest absolute Gasteiger partial charge is 0.231 e. The van der Waals surface area contributed by atoms with E-state index in [0.717, 1.165) is 15.6 Å². The molecule has 0 aliphatic carbocycles. The molecule has 94 valence electrons. The van der Waals surface area contributed by atoms with E-state index in [4.69, 9.17) is 9.47 Å². The lowest BCUT2D eigenvalue weighted by Crippen LogP contribution is -1.96. The van der Waals surface area contributed by atoms with Crippen LogP contribution in [0.1, 0.15) is 5.56 Å². The van der Waals surface area contributed by atoms with Crippen LogP contribution in [0.2, 0.25) is 0 Å². The van der Waals surface area contributed by atoms with Crippen molar-refractivity contribution in [3.05, 3.63) is 40.4 Å². The van der Waals surface area contributed by atoms with Gasteiger partial charge >= 0.3 is 0 Å². The summed E-state index contributed by atoms with van der Waals surface area (Å²) in [6, 6.07) is 10.2. The minimum atomic E-state index is 0.516. The number of halogens is 1. The molecule has 0 unspecified atom stereocenters. The van der Waals surface area contributed by atoms with Crippen molar-refractivity contribution in [2.24, 2.45) is 0 Å². The van der Waals surface area contributed by atoms with Crippen molar-refractivity contribution in [2.45, 2.75) is 6.92 Å². The van der Waals surface area contributed by atoms with Crippen molar-refractivity contribution in [1.29, 1.82) is 0 Å². The van der Waals surface area contributed by atoms with Gasteiger partial charge in [-0.15, -0.1) is 0 Å². The van der Waals surface area contributed by atoms with Gasteiger partial charge in [0, 0.05) is 5.56 Å². The van der Waals surface area contributed by atoms with Crippen LogP contribution in [0.3, 0.4) is 0 Å². The second-order valence-electron chi connectivity index (χ2n) is 3.90. The number of aryl methyl sites for hydroxylation is 1. The fourth-order valence-corrected chi connectivity index (χ4v) is 2.17. The first kappa shape index (κ1) is 12.9. The minimum Gasteiger partial charge on any atom is -0.480 e. The highest BCUT2D eigenvalue weighted by molar-refractivity contribution is 9.10. The largest absolute Gasteiger partial charge is 0.480 e. The van der Waals surface area contributed by atoms with Crippen molar-refractivity contribution >= 4 is 15.9 Å². The molecule has 0 saturated heterocycles. The highest BCUT2D eigenvalue weighted by Crippen LogP contribution is 2.35. The second-order valence-corrected chi connectivity index (χ2v) is 4.76. The van der Waals surface area contributed by atoms with Crippen molar-refractivity contribution in [2.75, 3.05) is 14.2 Å². The molecule has 3 nitrogen and oxygen atoms in total. The zero-order chi connectivity index (χ0) is 13.1. The van der Waals surface area contributed by atoms with E-state index in [0.29, 0.717) is 11.8 Å². The summed E-state index contributed by atoms with van der Waals surface area (Å²) in [7, 11) is 3.19. The Bertz CT molecular complexity index is 552. The third-order valence-corrected chi connectivity index (χ3v) is 3.23. The molecule has 0 fully saturated rings. The Morgan fingerprint density at radius 1 is 1.00 bits per heavy atom. The number of benzene rings is 1. The molecule has 0 spiro atoms. The van der Waals surface area contributed by atoms with Gasteiger partial charge in [0.05, 0.1) is 18.7 Å². The number of aromatic nitrogens is 1. The molecule has 4 heteroatoms. The van der Waals surface area contributed by atoms with Crippen LogP contribution in [0.4, 0.5) is 0 Å². The predicted octanol–water partition coefficient (Wildman–Crippen LogP) is 3.84. The Kier molecular flexibility index (Phi) is 3.87. The van der Waals surface area contributed by atoms with Crippen molar-refractivity contribution in [1.82, 2.24) is 4.98 Å². The van der Waals surface area contributed by atoms with Crippen LogP contribution >= 0.6 is 15.9 Å². The summed E-state index contributed by atoms with van der Waals surface area (Å²) < 4.78 is 11.3. The number of nitrogens with zero attached hydrogens (tertiary/aromatic N) is 1. The highest BCUT2D eigenvalue weighted by atomic mass is 79.9. The van der Waals surface area contributed by atoms with E-state index in [1.807, 2.05) is 18.2 Å². The molecule has 0 saturated carbocycles. The molecule has 0 N–H and O–H groups in total. The molecule has 1 aromatic heterocycles. The summed E-state index contributed by atoms with van der Waals surface area (Å²) in [5.41, 5.74) is 3.22. The van der Waals surface area contributed by atoms with Crippen LogP contribution in [0.5, 0.6) is 11.8 Å². The first-order valence-electron chi connectivity index (χ1n) is 5.51. The molecule has 2 rings (SSSR count). The Hall–Kier alpha value is -1.55. The first-order valence-corrected chi connectivity index (χ1v) is 6.30. The van der Waals surface area contributed by atoms with Gasteiger partial charge < -0.3 is 9.47 Å². The number of hydrogen-bond donors (Lipinski definition) is 0. The average molecular weight is 308 g/mol. The SMILES string of the molecule is COc1nc(OC)c(-c2ccc(C)cc2)cc1Br. The van der Waals surface area contributed by atoms with Crippen LogP contribution in [0, 0.1) is 6.92 Å². The molecular formula is C14H14BrNO2. The van der Waals surface area contributed by atoms with E-state index in [2.05, 4.69) is 40.0 Å². The van der Waals surface area contributed by atoms with Gasteiger partial charge in [-0.1, -0.05) is 29.8 Å². The summed E-state index contributed by atoms with van der Waals surface area (Å²) in [5.74, 6) is 1.07. The number of methoxy groups -OCH3 is 2. The van der Waals surface area contributed by atoms with E-state index in [1.165, 1.54) is 5.56 Å². The van der Waals surface area contributed by atoms with Crippen LogP contribution in [-0.2, 0) is 0 Å². The molecule has 1 heterocycles. The number of pyridine rings is 1. The number of hydrogen-bond acceptors (Lipinski definition) is 3. The quantitative estimate of drug-likeness (QED) is 0.863. The van der Waals surface area contributed by atoms with Crippen molar-refractivity contribution < 1.29 is 9.47 Å². The third kappa shape index (κ3) is 2.48. The van der Waals surface area contributed by atoms with Crippen LogP contribution < -0.4 is 9.47 Å². The molecule has 2 aromatic rings. The second kappa shape index (κ2) is 5.40. The van der Waals surface area contributed by atoms with Gasteiger partial charge in [-0.2, -0.15) is 4.98 Å². The third-order valence-electron chi connectivity index (χ3n) is 2.66. The van der Waals surface area contributed by atoms with E-state index < -0.39 is 0 Å². The van der Waals surface area contributed by atoms with Crippen molar-refractivity contribution in [3.63, 3.8) is 0 Å². The fourth-order valence-electron chi connectivity index (χ4n) is 1.69. The average Bonchev–Trinajstić information content (AvgIpc) is 2.39. The number of ether oxygens (including phenoxy) is 2. The van der Waals surface area contributed by atoms with Gasteiger partial charge in [-0.3, -0.25) is 0 Å². The van der Waals surface area contributed by atoms with E-state index in [-0.39, 0.29) is 0 Å². The summed E-state index contributed by atoms with van der Waals surface area (Å²) >= 11 is 3.44. The maximum absolute atomic E-state index is 5.32. The standard InChI is InChI=1S/C14H14BrNO2/c1-9-4-6-10(7-5-9)11-8-12(15)14(18-3)16-13(11)17-2/h4-8H,1-3H3. The minimum absolute atomic E-state index is 0.516. The predicted molar refractivity (Wildman–Crippen MR) is 75.2 cm³/mol. The Labute approximate surface area is 115 Å². The zero-order valence-corrected chi connectivity index (χ0v) is 12.1. The lowest BCUT2D eigenvalue weighted by Gasteiger charge is -2.11. The molecule has 0 aliphatic rings. The molecule has 1 aromatic carbocycles. The van der Waals surface area contributed by atoms with Crippen molar-refractivity contribution in [3.8, 4) is 22.9 Å². The van der Waals surface area contributed by atoms with Gasteiger partial charge in [-0.25, -0.2) is 0 Å². The van der Waals surface area contributed by atoms with E-state index in [1.54, 1.807) is 14.2 Å². The van der Waals surface area contributed by atoms with Crippen LogP contribution in [0.15, 0.2) is 34.8 Å². The van der Waals surface area contributed by atoms with Gasteiger partial charge in [0.2, 0.25) is 11.8 Å². The summed E-state index contributed by atoms with van der Waals surface area (Å²) in [6.07, 6.45) is 0. The molecular weight excluding hydrogens is 294 g/mol. The fraction of sp³-hybridized carbons (Fsp3) is 0.214. The maximum atomic E-state index is 5.32. The molecule has 0 atom stereocenters. The van der Waals surface area contributed by atoms with E-state index in [9.17, 15) is 0 Å². The van der Waals surface area contributed by atoms with Gasteiger partial charge in [0.15, 0.2) is 0 Å². The van der Waals surface area contributed by atoms with Gasteiger partial charge in [0.25, 0.3) is 0 Å². The first-order chi connectivity index (χ1) is 8.65. The number of rotatable bonds is 3. The van der Waals surface area contributed by atoms with Crippen LogP contribution in [-0.4, -0.2) is 19.2 Å². The molecule has 0 aliphatic heterocycles. The zero-order valence-electron chi connectivity index (χ0n) is 10.5. The molecule has 0 radical (unpaired) electrons. The maximum Gasteiger partial charge on any atom is 0.231 e. The molecule has 0 amide bonds. The summed E-state index contributed by atoms with van der Waals surface area (Å²) in [5, 5.41) is 0. The normalized spacial score (nSPS) is 10.2. The Balaban J connectivity index is 2.56. The highest BCUT2D eigenvalue weighted by Gasteiger charge is 2.12. The monoisotopic (exact) mass is 307 g/mol. The van der Waals surface area contributed by atoms with Gasteiger partial charge in [-0.05, 0) is 34.5 Å². The molecule has 0 bridgehead atoms. The summed E-state index contributed by atoms with van der Waals surface area (Å²) in [6.45, 7) is 2.06. The lowest BCUT2D eigenvalue weighted by molar-refractivity contribution is 0.364. The van der Waals surface area contributed by atoms with E-state index >= 15 is 0 Å². The topological polar surface area (TPSA) is 31.4 Å². The molecule has 18 heavy (non-hydrogen) atoms. The Morgan fingerprint density at radius 2 is 1.61 bits per heavy atom. The summed E-state index contributed by atoms with van der Waals surface area (Å²) in [4.78, 5) is 4.32.